The zero-order valence-corrected chi connectivity index (χ0v) is 23.9. The van der Waals surface area contributed by atoms with Gasteiger partial charge < -0.3 is 10.0 Å². The summed E-state index contributed by atoms with van der Waals surface area (Å²) < 4.78 is 94.4. The van der Waals surface area contributed by atoms with E-state index < -0.39 is 43.9 Å². The standard InChI is InChI=1S/C24H32F3N3O5S3/c1-17(2)30(37(4,32)33)16-20-15-28(38(34,35)22-8-6-5-7-21(22)36)13-14-29(20)19-11-9-18(10-12-19)23(3,31)24(25,26)27/h5-12,17,20,31,36H,13-16H2,1-4H3/t20-,23+/m1/s1. The van der Waals surface area contributed by atoms with Crippen LogP contribution in [0.15, 0.2) is 58.3 Å². The van der Waals surface area contributed by atoms with Gasteiger partial charge in [-0.25, -0.2) is 16.8 Å². The van der Waals surface area contributed by atoms with Gasteiger partial charge in [-0.05, 0) is 50.6 Å². The highest BCUT2D eigenvalue weighted by atomic mass is 32.2. The Bertz CT molecular complexity index is 1350. The van der Waals surface area contributed by atoms with Gasteiger partial charge in [0.1, 0.15) is 0 Å². The van der Waals surface area contributed by atoms with E-state index in [0.717, 1.165) is 18.4 Å². The Morgan fingerprint density at radius 1 is 1.05 bits per heavy atom. The first kappa shape index (κ1) is 30.7. The molecule has 3 rings (SSSR count). The Hall–Kier alpha value is -1.84. The summed E-state index contributed by atoms with van der Waals surface area (Å²) in [4.78, 5) is 2.09. The maximum Gasteiger partial charge on any atom is 0.421 e. The number of aliphatic hydroxyl groups is 1. The number of thiol groups is 1. The van der Waals surface area contributed by atoms with Gasteiger partial charge in [-0.3, -0.25) is 0 Å². The smallest absolute Gasteiger partial charge is 0.376 e. The van der Waals surface area contributed by atoms with Crippen molar-refractivity contribution >= 4 is 38.4 Å². The largest absolute Gasteiger partial charge is 0.421 e. The first-order valence-corrected chi connectivity index (χ1v) is 15.5. The molecule has 1 heterocycles. The molecule has 38 heavy (non-hydrogen) atoms. The molecule has 1 N–H and O–H groups in total. The zero-order chi connectivity index (χ0) is 28.7. The number of benzene rings is 2. The average Bonchev–Trinajstić information content (AvgIpc) is 2.81. The van der Waals surface area contributed by atoms with E-state index in [2.05, 4.69) is 12.6 Å². The summed E-state index contributed by atoms with van der Waals surface area (Å²) in [6, 6.07) is 10.3. The van der Waals surface area contributed by atoms with E-state index >= 15 is 0 Å². The fourth-order valence-electron chi connectivity index (χ4n) is 4.43. The highest BCUT2D eigenvalue weighted by Crippen LogP contribution is 2.39. The molecule has 0 bridgehead atoms. The number of hydrogen-bond donors (Lipinski definition) is 2. The van der Waals surface area contributed by atoms with Crippen molar-refractivity contribution in [3.63, 3.8) is 0 Å². The predicted octanol–water partition coefficient (Wildman–Crippen LogP) is 3.29. The molecule has 0 amide bonds. The summed E-state index contributed by atoms with van der Waals surface area (Å²) >= 11 is 4.28. The highest BCUT2D eigenvalue weighted by Gasteiger charge is 2.51. The summed E-state index contributed by atoms with van der Waals surface area (Å²) in [5.41, 5.74) is -2.93. The fraction of sp³-hybridized carbons (Fsp3) is 0.500. The first-order chi connectivity index (χ1) is 17.4. The van der Waals surface area contributed by atoms with Crippen LogP contribution in [0.4, 0.5) is 18.9 Å². The number of hydrogen-bond acceptors (Lipinski definition) is 7. The van der Waals surface area contributed by atoms with E-state index in [-0.39, 0.29) is 41.5 Å². The second-order valence-corrected chi connectivity index (χ2v) is 14.0. The lowest BCUT2D eigenvalue weighted by Crippen LogP contribution is -2.59. The Kier molecular flexibility index (Phi) is 8.86. The van der Waals surface area contributed by atoms with Crippen molar-refractivity contribution in [2.75, 3.05) is 37.3 Å². The lowest BCUT2D eigenvalue weighted by atomic mass is 9.95. The molecule has 0 spiro atoms. The monoisotopic (exact) mass is 595 g/mol. The molecular formula is C24H32F3N3O5S3. The second-order valence-electron chi connectivity index (χ2n) is 9.72. The third kappa shape index (κ3) is 6.31. The van der Waals surface area contributed by atoms with Gasteiger partial charge in [-0.1, -0.05) is 24.3 Å². The molecular weight excluding hydrogens is 563 g/mol. The van der Waals surface area contributed by atoms with Crippen molar-refractivity contribution < 1.29 is 35.1 Å². The molecule has 212 valence electrons. The molecule has 2 atom stereocenters. The van der Waals surface area contributed by atoms with Crippen LogP contribution in [0.1, 0.15) is 26.3 Å². The number of alkyl halides is 3. The van der Waals surface area contributed by atoms with Crippen LogP contribution in [0.3, 0.4) is 0 Å². The SMILES string of the molecule is CC(C)N(C[C@H]1CN(S(=O)(=O)c2ccccc2S)CCN1c1ccc([C@](C)(O)C(F)(F)F)cc1)S(C)(=O)=O. The number of anilines is 1. The van der Waals surface area contributed by atoms with Crippen LogP contribution in [0.2, 0.25) is 0 Å². The predicted molar refractivity (Wildman–Crippen MR) is 142 cm³/mol. The fourth-order valence-corrected chi connectivity index (χ4v) is 7.70. The number of nitrogens with zero attached hydrogens (tertiary/aromatic N) is 3. The summed E-state index contributed by atoms with van der Waals surface area (Å²) in [6.07, 6.45) is -3.81. The minimum absolute atomic E-state index is 0.0260. The van der Waals surface area contributed by atoms with E-state index in [9.17, 15) is 35.1 Å². The molecule has 0 aromatic heterocycles. The van der Waals surface area contributed by atoms with Gasteiger partial charge in [-0.2, -0.15) is 21.8 Å². The van der Waals surface area contributed by atoms with Gasteiger partial charge in [0.15, 0.2) is 5.60 Å². The second kappa shape index (κ2) is 11.0. The Balaban J connectivity index is 1.99. The molecule has 1 aliphatic rings. The van der Waals surface area contributed by atoms with E-state index in [4.69, 9.17) is 0 Å². The molecule has 0 saturated carbocycles. The summed E-state index contributed by atoms with van der Waals surface area (Å²) in [5.74, 6) is 0. The highest BCUT2D eigenvalue weighted by molar-refractivity contribution is 7.90. The normalized spacial score (nSPS) is 19.7. The van der Waals surface area contributed by atoms with Crippen LogP contribution in [0.25, 0.3) is 0 Å². The molecule has 0 unspecified atom stereocenters. The zero-order valence-electron chi connectivity index (χ0n) is 21.4. The van der Waals surface area contributed by atoms with Crippen molar-refractivity contribution in [2.45, 2.75) is 54.4 Å². The first-order valence-electron chi connectivity index (χ1n) is 11.8. The quantitative estimate of drug-likeness (QED) is 0.455. The van der Waals surface area contributed by atoms with Crippen LogP contribution in [0, 0.1) is 0 Å². The van der Waals surface area contributed by atoms with Crippen LogP contribution in [-0.2, 0) is 25.6 Å². The van der Waals surface area contributed by atoms with Crippen molar-refractivity contribution in [3.8, 4) is 0 Å². The van der Waals surface area contributed by atoms with Crippen molar-refractivity contribution in [1.82, 2.24) is 8.61 Å². The van der Waals surface area contributed by atoms with Crippen LogP contribution < -0.4 is 4.90 Å². The molecule has 1 fully saturated rings. The molecule has 2 aromatic carbocycles. The third-order valence-corrected chi connectivity index (χ3v) is 10.5. The van der Waals surface area contributed by atoms with E-state index in [0.29, 0.717) is 12.6 Å². The molecule has 0 aliphatic carbocycles. The van der Waals surface area contributed by atoms with Gasteiger partial charge in [0.2, 0.25) is 20.0 Å². The minimum Gasteiger partial charge on any atom is -0.376 e. The molecule has 2 aromatic rings. The van der Waals surface area contributed by atoms with Gasteiger partial charge in [0.25, 0.3) is 0 Å². The lowest BCUT2D eigenvalue weighted by Gasteiger charge is -2.44. The molecule has 8 nitrogen and oxygen atoms in total. The topological polar surface area (TPSA) is 98.2 Å². The van der Waals surface area contributed by atoms with Crippen LogP contribution in [-0.4, -0.2) is 81.2 Å². The van der Waals surface area contributed by atoms with Gasteiger partial charge in [0, 0.05) is 42.8 Å². The van der Waals surface area contributed by atoms with Crippen molar-refractivity contribution in [3.05, 3.63) is 54.1 Å². The molecule has 1 saturated heterocycles. The maximum absolute atomic E-state index is 13.5. The number of piperazine rings is 1. The van der Waals surface area contributed by atoms with Gasteiger partial charge in [-0.15, -0.1) is 12.6 Å². The molecule has 1 aliphatic heterocycles. The summed E-state index contributed by atoms with van der Waals surface area (Å²) in [5, 5.41) is 10.0. The van der Waals surface area contributed by atoms with Crippen LogP contribution >= 0.6 is 12.6 Å². The number of halogens is 3. The van der Waals surface area contributed by atoms with Gasteiger partial charge >= 0.3 is 6.18 Å². The van der Waals surface area contributed by atoms with Gasteiger partial charge in [0.05, 0.1) is 17.2 Å². The Morgan fingerprint density at radius 2 is 1.63 bits per heavy atom. The third-order valence-electron chi connectivity index (χ3n) is 6.63. The minimum atomic E-state index is -4.88. The Morgan fingerprint density at radius 3 is 2.13 bits per heavy atom. The van der Waals surface area contributed by atoms with E-state index in [1.807, 2.05) is 0 Å². The Labute approximate surface area is 227 Å². The van der Waals surface area contributed by atoms with Crippen LogP contribution in [0.5, 0.6) is 0 Å². The number of rotatable bonds is 8. The van der Waals surface area contributed by atoms with E-state index in [1.54, 1.807) is 36.9 Å². The average molecular weight is 596 g/mol. The van der Waals surface area contributed by atoms with Crippen molar-refractivity contribution in [2.24, 2.45) is 0 Å². The maximum atomic E-state index is 13.5. The van der Waals surface area contributed by atoms with Crippen molar-refractivity contribution in [1.29, 1.82) is 0 Å². The molecule has 0 radical (unpaired) electrons. The summed E-state index contributed by atoms with van der Waals surface area (Å²) in [6.45, 7) is 4.17. The molecule has 14 heteroatoms. The van der Waals surface area contributed by atoms with E-state index in [1.165, 1.54) is 26.8 Å². The summed E-state index contributed by atoms with van der Waals surface area (Å²) in [7, 11) is -7.62. The number of sulfonamides is 2. The lowest BCUT2D eigenvalue weighted by molar-refractivity contribution is -0.258.